The highest BCUT2D eigenvalue weighted by Crippen LogP contribution is 2.32. The van der Waals surface area contributed by atoms with Crippen molar-refractivity contribution < 1.29 is 5.11 Å². The summed E-state index contributed by atoms with van der Waals surface area (Å²) in [5.41, 5.74) is 1.04. The Morgan fingerprint density at radius 3 is 2.60 bits per heavy atom. The van der Waals surface area contributed by atoms with Crippen LogP contribution in [0.5, 0.6) is 0 Å². The highest BCUT2D eigenvalue weighted by atomic mass is 16.3. The van der Waals surface area contributed by atoms with Gasteiger partial charge < -0.3 is 5.11 Å². The normalized spacial score (nSPS) is 27.2. The van der Waals surface area contributed by atoms with Crippen LogP contribution in [-0.2, 0) is 0 Å². The van der Waals surface area contributed by atoms with Crippen LogP contribution >= 0.6 is 0 Å². The molecule has 0 unspecified atom stereocenters. The van der Waals surface area contributed by atoms with Gasteiger partial charge in [-0.3, -0.25) is 4.90 Å². The quantitative estimate of drug-likeness (QED) is 0.872. The number of hydrogen-bond acceptors (Lipinski definition) is 2. The van der Waals surface area contributed by atoms with Gasteiger partial charge in [-0.05, 0) is 38.7 Å². The van der Waals surface area contributed by atoms with Gasteiger partial charge in [-0.25, -0.2) is 0 Å². The van der Waals surface area contributed by atoms with Gasteiger partial charge in [0.1, 0.15) is 0 Å². The van der Waals surface area contributed by atoms with Crippen molar-refractivity contribution in [2.75, 3.05) is 0 Å². The minimum Gasteiger partial charge on any atom is -0.387 e. The maximum Gasteiger partial charge on any atom is 0.0942 e. The second-order valence-electron chi connectivity index (χ2n) is 6.27. The van der Waals surface area contributed by atoms with Crippen LogP contribution in [0.4, 0.5) is 0 Å². The number of aliphatic hydroxyl groups is 1. The minimum atomic E-state index is -0.392. The highest BCUT2D eigenvalue weighted by Gasteiger charge is 2.34. The standard InChI is InChI=1S/C18H29NO/c1-4-9-17-13-8-10-14(2)19(17)15(3)18(20)16-11-6-5-7-12-16/h5-7,11-12,14-15,17-18,20H,4,8-10,13H2,1-3H3/t14-,15-,17+,18-/m1/s1. The third-order valence-electron chi connectivity index (χ3n) is 4.78. The van der Waals surface area contributed by atoms with E-state index in [-0.39, 0.29) is 6.04 Å². The van der Waals surface area contributed by atoms with Gasteiger partial charge in [-0.2, -0.15) is 0 Å². The molecule has 0 amide bonds. The average Bonchev–Trinajstić information content (AvgIpc) is 2.47. The van der Waals surface area contributed by atoms with Gasteiger partial charge in [0, 0.05) is 18.1 Å². The summed E-state index contributed by atoms with van der Waals surface area (Å²) in [5, 5.41) is 10.7. The molecule has 1 aromatic carbocycles. The van der Waals surface area contributed by atoms with E-state index in [0.717, 1.165) is 5.56 Å². The lowest BCUT2D eigenvalue weighted by molar-refractivity contribution is -0.0163. The molecular formula is C18H29NO. The number of nitrogens with zero attached hydrogens (tertiary/aromatic N) is 1. The first-order valence-electron chi connectivity index (χ1n) is 8.15. The fourth-order valence-electron chi connectivity index (χ4n) is 3.76. The molecule has 0 aromatic heterocycles. The first-order valence-corrected chi connectivity index (χ1v) is 8.15. The maximum atomic E-state index is 10.7. The number of rotatable bonds is 5. The topological polar surface area (TPSA) is 23.5 Å². The predicted octanol–water partition coefficient (Wildman–Crippen LogP) is 4.15. The zero-order valence-electron chi connectivity index (χ0n) is 13.1. The average molecular weight is 275 g/mol. The lowest BCUT2D eigenvalue weighted by Gasteiger charge is -2.46. The van der Waals surface area contributed by atoms with Crippen molar-refractivity contribution in [3.8, 4) is 0 Å². The van der Waals surface area contributed by atoms with Gasteiger partial charge in [0.05, 0.1) is 6.10 Å². The van der Waals surface area contributed by atoms with E-state index in [2.05, 4.69) is 25.7 Å². The second kappa shape index (κ2) is 7.24. The molecule has 1 fully saturated rings. The first-order chi connectivity index (χ1) is 9.65. The molecular weight excluding hydrogens is 246 g/mol. The van der Waals surface area contributed by atoms with Crippen molar-refractivity contribution in [2.45, 2.75) is 77.1 Å². The molecule has 1 aliphatic heterocycles. The second-order valence-corrected chi connectivity index (χ2v) is 6.27. The van der Waals surface area contributed by atoms with Gasteiger partial charge in [0.2, 0.25) is 0 Å². The molecule has 0 radical (unpaired) electrons. The molecule has 0 spiro atoms. The van der Waals surface area contributed by atoms with Gasteiger partial charge >= 0.3 is 0 Å². The Labute approximate surface area is 123 Å². The Kier molecular flexibility index (Phi) is 5.62. The van der Waals surface area contributed by atoms with Crippen molar-refractivity contribution >= 4 is 0 Å². The van der Waals surface area contributed by atoms with Crippen LogP contribution in [0, 0.1) is 0 Å². The molecule has 1 aromatic rings. The summed E-state index contributed by atoms with van der Waals surface area (Å²) < 4.78 is 0. The van der Waals surface area contributed by atoms with Crippen molar-refractivity contribution in [1.29, 1.82) is 0 Å². The molecule has 2 rings (SSSR count). The van der Waals surface area contributed by atoms with E-state index in [0.29, 0.717) is 12.1 Å². The lowest BCUT2D eigenvalue weighted by atomic mass is 9.89. The molecule has 1 saturated heterocycles. The molecule has 1 aliphatic rings. The molecule has 4 atom stereocenters. The van der Waals surface area contributed by atoms with Gasteiger partial charge in [-0.1, -0.05) is 50.1 Å². The predicted molar refractivity (Wildman–Crippen MR) is 84.7 cm³/mol. The molecule has 0 aliphatic carbocycles. The number of hydrogen-bond donors (Lipinski definition) is 1. The Morgan fingerprint density at radius 1 is 1.25 bits per heavy atom. The monoisotopic (exact) mass is 275 g/mol. The number of benzene rings is 1. The number of piperidine rings is 1. The molecule has 1 N–H and O–H groups in total. The van der Waals surface area contributed by atoms with Crippen molar-refractivity contribution in [3.05, 3.63) is 35.9 Å². The summed E-state index contributed by atoms with van der Waals surface area (Å²) in [4.78, 5) is 2.57. The molecule has 0 bridgehead atoms. The summed E-state index contributed by atoms with van der Waals surface area (Å²) in [6.45, 7) is 6.76. The van der Waals surface area contributed by atoms with E-state index in [1.54, 1.807) is 0 Å². The maximum absolute atomic E-state index is 10.7. The van der Waals surface area contributed by atoms with Crippen molar-refractivity contribution in [2.24, 2.45) is 0 Å². The van der Waals surface area contributed by atoms with Crippen LogP contribution in [0.15, 0.2) is 30.3 Å². The molecule has 1 heterocycles. The van der Waals surface area contributed by atoms with Crippen molar-refractivity contribution in [1.82, 2.24) is 4.90 Å². The van der Waals surface area contributed by atoms with Crippen molar-refractivity contribution in [3.63, 3.8) is 0 Å². The Bertz CT molecular complexity index is 390. The third-order valence-corrected chi connectivity index (χ3v) is 4.78. The van der Waals surface area contributed by atoms with Gasteiger partial charge in [0.25, 0.3) is 0 Å². The van der Waals surface area contributed by atoms with E-state index >= 15 is 0 Å². The molecule has 112 valence electrons. The molecule has 2 nitrogen and oxygen atoms in total. The minimum absolute atomic E-state index is 0.184. The van der Waals surface area contributed by atoms with E-state index in [1.165, 1.54) is 32.1 Å². The Balaban J connectivity index is 2.13. The Morgan fingerprint density at radius 2 is 1.95 bits per heavy atom. The number of aliphatic hydroxyl groups excluding tert-OH is 1. The van der Waals surface area contributed by atoms with E-state index in [4.69, 9.17) is 0 Å². The summed E-state index contributed by atoms with van der Waals surface area (Å²) >= 11 is 0. The summed E-state index contributed by atoms with van der Waals surface area (Å²) in [6, 6.07) is 11.5. The van der Waals surface area contributed by atoms with Crippen LogP contribution in [0.2, 0.25) is 0 Å². The van der Waals surface area contributed by atoms with Gasteiger partial charge in [-0.15, -0.1) is 0 Å². The first kappa shape index (κ1) is 15.5. The van der Waals surface area contributed by atoms with E-state index < -0.39 is 6.10 Å². The summed E-state index contributed by atoms with van der Waals surface area (Å²) in [5.74, 6) is 0. The van der Waals surface area contributed by atoms with Crippen LogP contribution < -0.4 is 0 Å². The van der Waals surface area contributed by atoms with Crippen LogP contribution in [-0.4, -0.2) is 28.1 Å². The molecule has 2 heteroatoms. The van der Waals surface area contributed by atoms with Crippen LogP contribution in [0.3, 0.4) is 0 Å². The molecule has 20 heavy (non-hydrogen) atoms. The zero-order chi connectivity index (χ0) is 14.5. The largest absolute Gasteiger partial charge is 0.387 e. The van der Waals surface area contributed by atoms with E-state index in [1.807, 2.05) is 30.3 Å². The van der Waals surface area contributed by atoms with Gasteiger partial charge in [0.15, 0.2) is 0 Å². The fraction of sp³-hybridized carbons (Fsp3) is 0.667. The number of likely N-dealkylation sites (tertiary alicyclic amines) is 1. The van der Waals surface area contributed by atoms with Crippen LogP contribution in [0.25, 0.3) is 0 Å². The fourth-order valence-corrected chi connectivity index (χ4v) is 3.76. The highest BCUT2D eigenvalue weighted by molar-refractivity contribution is 5.19. The van der Waals surface area contributed by atoms with E-state index in [9.17, 15) is 5.11 Å². The summed E-state index contributed by atoms with van der Waals surface area (Å²) in [7, 11) is 0. The Hall–Kier alpha value is -0.860. The summed E-state index contributed by atoms with van der Waals surface area (Å²) in [6.07, 6.45) is 5.95. The molecule has 0 saturated carbocycles. The zero-order valence-corrected chi connectivity index (χ0v) is 13.1. The third kappa shape index (κ3) is 3.42. The smallest absolute Gasteiger partial charge is 0.0942 e. The van der Waals surface area contributed by atoms with Crippen LogP contribution in [0.1, 0.15) is 64.5 Å². The SMILES string of the molecule is CCC[C@H]1CCC[C@@H](C)N1[C@H](C)[C@@H](O)c1ccccc1. The lowest BCUT2D eigenvalue weighted by Crippen LogP contribution is -2.51.